The zero-order valence-electron chi connectivity index (χ0n) is 26.4. The Morgan fingerprint density at radius 2 is 1.59 bits per heavy atom. The molecule has 3 rings (SSSR count). The number of methoxy groups -OCH3 is 1. The fraction of sp³-hybridized carbons (Fsp3) is 0.412. The van der Waals surface area contributed by atoms with E-state index in [2.05, 4.69) is 5.32 Å². The van der Waals surface area contributed by atoms with Crippen molar-refractivity contribution >= 4 is 27.5 Å². The number of benzene rings is 3. The molecule has 9 nitrogen and oxygen atoms in total. The quantitative estimate of drug-likeness (QED) is 0.222. The van der Waals surface area contributed by atoms with Gasteiger partial charge in [0.25, 0.3) is 0 Å². The van der Waals surface area contributed by atoms with E-state index in [1.807, 2.05) is 75.4 Å². The number of rotatable bonds is 17. The molecular weight excluding hydrogens is 578 g/mol. The van der Waals surface area contributed by atoms with Crippen LogP contribution < -0.4 is 19.1 Å². The molecule has 0 aliphatic rings. The highest BCUT2D eigenvalue weighted by Crippen LogP contribution is 2.23. The van der Waals surface area contributed by atoms with Gasteiger partial charge in [0.15, 0.2) is 0 Å². The van der Waals surface area contributed by atoms with Gasteiger partial charge in [-0.25, -0.2) is 8.42 Å². The van der Waals surface area contributed by atoms with E-state index in [-0.39, 0.29) is 43.8 Å². The average molecular weight is 624 g/mol. The molecule has 0 bridgehead atoms. The molecule has 0 spiro atoms. The molecule has 0 aliphatic carbocycles. The summed E-state index contributed by atoms with van der Waals surface area (Å²) in [6.07, 6.45) is 2.55. The van der Waals surface area contributed by atoms with E-state index in [9.17, 15) is 18.0 Å². The number of nitrogens with zero attached hydrogens (tertiary/aromatic N) is 2. The van der Waals surface area contributed by atoms with Crippen molar-refractivity contribution in [2.45, 2.75) is 65.1 Å². The van der Waals surface area contributed by atoms with E-state index in [0.717, 1.165) is 23.8 Å². The van der Waals surface area contributed by atoms with Crippen molar-refractivity contribution in [1.82, 2.24) is 10.2 Å². The van der Waals surface area contributed by atoms with E-state index < -0.39 is 16.1 Å². The highest BCUT2D eigenvalue weighted by molar-refractivity contribution is 7.92. The van der Waals surface area contributed by atoms with Gasteiger partial charge in [0.1, 0.15) is 17.5 Å². The summed E-state index contributed by atoms with van der Waals surface area (Å²) in [4.78, 5) is 29.3. The highest BCUT2D eigenvalue weighted by atomic mass is 32.2. The predicted molar refractivity (Wildman–Crippen MR) is 174 cm³/mol. The summed E-state index contributed by atoms with van der Waals surface area (Å²) in [5, 5.41) is 3.07. The van der Waals surface area contributed by atoms with Crippen molar-refractivity contribution in [2.24, 2.45) is 0 Å². The number of amides is 2. The Hall–Kier alpha value is -4.05. The summed E-state index contributed by atoms with van der Waals surface area (Å²) in [5.74, 6) is 0.825. The third-order valence-electron chi connectivity index (χ3n) is 7.35. The maximum Gasteiger partial charge on any atom is 0.243 e. The van der Waals surface area contributed by atoms with Crippen LogP contribution in [-0.2, 0) is 32.6 Å². The van der Waals surface area contributed by atoms with Gasteiger partial charge in [-0.2, -0.15) is 0 Å². The minimum Gasteiger partial charge on any atom is -0.497 e. The monoisotopic (exact) mass is 623 g/mol. The van der Waals surface area contributed by atoms with Crippen molar-refractivity contribution in [3.05, 3.63) is 90.0 Å². The molecule has 2 atom stereocenters. The Balaban J connectivity index is 1.89. The first-order valence-electron chi connectivity index (χ1n) is 15.0. The molecule has 10 heteroatoms. The molecule has 0 radical (unpaired) electrons. The van der Waals surface area contributed by atoms with Crippen LogP contribution in [0.5, 0.6) is 11.5 Å². The Kier molecular flexibility index (Phi) is 13.1. The lowest BCUT2D eigenvalue weighted by Gasteiger charge is -2.33. The SMILES string of the molecule is CCOc1ccc(N(CCCC(=O)N(Cc2cccc(OC)c2)[C@H](Cc2ccccc2)C(=O)N[C@@H](C)CC)S(C)(=O)=O)cc1. The molecule has 44 heavy (non-hydrogen) atoms. The summed E-state index contributed by atoms with van der Waals surface area (Å²) in [5.41, 5.74) is 2.24. The summed E-state index contributed by atoms with van der Waals surface area (Å²) in [6.45, 7) is 6.61. The van der Waals surface area contributed by atoms with E-state index in [0.29, 0.717) is 30.2 Å². The van der Waals surface area contributed by atoms with Crippen molar-refractivity contribution in [3.63, 3.8) is 0 Å². The van der Waals surface area contributed by atoms with Gasteiger partial charge in [-0.1, -0.05) is 49.4 Å². The first-order valence-corrected chi connectivity index (χ1v) is 16.9. The maximum absolute atomic E-state index is 14.0. The Labute approximate surface area is 262 Å². The van der Waals surface area contributed by atoms with Crippen LogP contribution >= 0.6 is 0 Å². The van der Waals surface area contributed by atoms with Gasteiger partial charge >= 0.3 is 0 Å². The summed E-state index contributed by atoms with van der Waals surface area (Å²) in [6, 6.07) is 23.0. The number of hydrogen-bond acceptors (Lipinski definition) is 6. The van der Waals surface area contributed by atoms with Gasteiger partial charge in [0.2, 0.25) is 21.8 Å². The Morgan fingerprint density at radius 3 is 2.20 bits per heavy atom. The van der Waals surface area contributed by atoms with Crippen LogP contribution in [0.1, 0.15) is 51.2 Å². The molecule has 0 saturated carbocycles. The lowest BCUT2D eigenvalue weighted by molar-refractivity contribution is -0.141. The first kappa shape index (κ1) is 34.4. The zero-order valence-corrected chi connectivity index (χ0v) is 27.2. The van der Waals surface area contributed by atoms with Gasteiger partial charge < -0.3 is 19.7 Å². The van der Waals surface area contributed by atoms with Crippen LogP contribution in [0.25, 0.3) is 0 Å². The lowest BCUT2D eigenvalue weighted by Crippen LogP contribution is -2.52. The first-order chi connectivity index (χ1) is 21.0. The predicted octanol–water partition coefficient (Wildman–Crippen LogP) is 5.19. The molecule has 3 aromatic carbocycles. The minimum absolute atomic E-state index is 0.0505. The van der Waals surface area contributed by atoms with Crippen molar-refractivity contribution in [2.75, 3.05) is 30.8 Å². The van der Waals surface area contributed by atoms with Crippen LogP contribution in [0.3, 0.4) is 0 Å². The maximum atomic E-state index is 14.0. The van der Waals surface area contributed by atoms with Crippen molar-refractivity contribution < 1.29 is 27.5 Å². The Bertz CT molecular complexity index is 1450. The van der Waals surface area contributed by atoms with Crippen LogP contribution in [-0.4, -0.2) is 63.7 Å². The lowest BCUT2D eigenvalue weighted by atomic mass is 10.0. The number of carbonyl (C=O) groups is 2. The van der Waals surface area contributed by atoms with Gasteiger partial charge in [-0.15, -0.1) is 0 Å². The third-order valence-corrected chi connectivity index (χ3v) is 8.54. The minimum atomic E-state index is -3.61. The topological polar surface area (TPSA) is 105 Å². The van der Waals surface area contributed by atoms with Crippen molar-refractivity contribution in [3.8, 4) is 11.5 Å². The number of hydrogen-bond donors (Lipinski definition) is 1. The second-order valence-corrected chi connectivity index (χ2v) is 12.7. The third kappa shape index (κ3) is 10.3. The molecule has 0 heterocycles. The van der Waals surface area contributed by atoms with E-state index in [4.69, 9.17) is 9.47 Å². The van der Waals surface area contributed by atoms with Crippen LogP contribution in [0.4, 0.5) is 5.69 Å². The second-order valence-electron chi connectivity index (χ2n) is 10.8. The van der Waals surface area contributed by atoms with Crippen molar-refractivity contribution in [1.29, 1.82) is 0 Å². The zero-order chi connectivity index (χ0) is 32.1. The molecule has 238 valence electrons. The molecule has 1 N–H and O–H groups in total. The van der Waals surface area contributed by atoms with E-state index in [1.165, 1.54) is 4.31 Å². The molecule has 3 aromatic rings. The molecule has 0 aliphatic heterocycles. The largest absolute Gasteiger partial charge is 0.497 e. The molecular formula is C34H45N3O6S. The fourth-order valence-electron chi connectivity index (χ4n) is 4.84. The smallest absolute Gasteiger partial charge is 0.243 e. The number of nitrogens with one attached hydrogen (secondary N) is 1. The number of sulfonamides is 1. The second kappa shape index (κ2) is 16.7. The summed E-state index contributed by atoms with van der Waals surface area (Å²) < 4.78 is 37.6. The van der Waals surface area contributed by atoms with Gasteiger partial charge in [0.05, 0.1) is 25.7 Å². The van der Waals surface area contributed by atoms with Gasteiger partial charge in [-0.05, 0) is 74.2 Å². The standard InChI is InChI=1S/C34H45N3O6S/c1-6-26(3)35-34(39)32(24-27-13-9-8-10-14-27)36(25-28-15-11-16-31(23-28)42-4)33(38)17-12-22-37(44(5,40)41)29-18-20-30(21-19-29)43-7-2/h8-11,13-16,18-21,23,26,32H,6-7,12,17,22,24-25H2,1-5H3,(H,35,39)/t26-,32+/m0/s1. The van der Waals surface area contributed by atoms with Gasteiger partial charge in [-0.3, -0.25) is 13.9 Å². The van der Waals surface area contributed by atoms with Crippen LogP contribution in [0.15, 0.2) is 78.9 Å². The van der Waals surface area contributed by atoms with E-state index in [1.54, 1.807) is 36.3 Å². The molecule has 0 unspecified atom stereocenters. The number of anilines is 1. The number of carbonyl (C=O) groups excluding carboxylic acids is 2. The molecule has 0 saturated heterocycles. The normalized spacial score (nSPS) is 12.6. The summed E-state index contributed by atoms with van der Waals surface area (Å²) >= 11 is 0. The van der Waals surface area contributed by atoms with Crippen LogP contribution in [0, 0.1) is 0 Å². The van der Waals surface area contributed by atoms with Crippen LogP contribution in [0.2, 0.25) is 0 Å². The average Bonchev–Trinajstić information content (AvgIpc) is 3.01. The fourth-order valence-corrected chi connectivity index (χ4v) is 5.81. The summed E-state index contributed by atoms with van der Waals surface area (Å²) in [7, 11) is -2.03. The molecule has 0 fully saturated rings. The van der Waals surface area contributed by atoms with Gasteiger partial charge in [0, 0.05) is 32.0 Å². The molecule has 0 aromatic heterocycles. The Morgan fingerprint density at radius 1 is 0.909 bits per heavy atom. The highest BCUT2D eigenvalue weighted by Gasteiger charge is 2.31. The number of ether oxygens (including phenoxy) is 2. The van der Waals surface area contributed by atoms with E-state index >= 15 is 0 Å². The molecule has 2 amide bonds.